The molecule has 0 radical (unpaired) electrons. The van der Waals surface area contributed by atoms with E-state index >= 15 is 0 Å². The molecule has 11 heteroatoms. The van der Waals surface area contributed by atoms with E-state index in [2.05, 4.69) is 86.8 Å². The fraction of sp³-hybridized carbons (Fsp3) is 0.800. The lowest BCUT2D eigenvalue weighted by Gasteiger charge is -2.41. The molecule has 1 heterocycles. The van der Waals surface area contributed by atoms with Gasteiger partial charge in [0.1, 0.15) is 24.4 Å². The number of carbonyl (C=O) groups is 2. The third-order valence-electron chi connectivity index (χ3n) is 15.6. The molecule has 8 atom stereocenters. The molecule has 0 spiro atoms. The van der Waals surface area contributed by atoms with Crippen LogP contribution in [0.25, 0.3) is 0 Å². The Hall–Kier alpha value is -2.90. The van der Waals surface area contributed by atoms with Gasteiger partial charge >= 0.3 is 5.97 Å². The fourth-order valence-electron chi connectivity index (χ4n) is 10.3. The molecule has 0 aromatic carbocycles. The Morgan fingerprint density at radius 2 is 0.889 bits per heavy atom. The van der Waals surface area contributed by atoms with Crippen LogP contribution >= 0.6 is 0 Å². The van der Waals surface area contributed by atoms with Crippen molar-refractivity contribution in [3.8, 4) is 0 Å². The van der Waals surface area contributed by atoms with Crippen molar-refractivity contribution in [3.05, 3.63) is 72.9 Å². The van der Waals surface area contributed by atoms with Crippen molar-refractivity contribution < 1.29 is 49.3 Å². The monoisotopic (exact) mass is 1140 g/mol. The summed E-state index contributed by atoms with van der Waals surface area (Å²) < 4.78 is 17.6. The molecule has 81 heavy (non-hydrogen) atoms. The second-order valence-electron chi connectivity index (χ2n) is 23.2. The molecule has 1 aliphatic heterocycles. The van der Waals surface area contributed by atoms with Crippen LogP contribution in [0, 0.1) is 0 Å². The Morgan fingerprint density at radius 3 is 1.33 bits per heavy atom. The predicted molar refractivity (Wildman–Crippen MR) is 338 cm³/mol. The number of hydrogen-bond acceptors (Lipinski definition) is 10. The average Bonchev–Trinajstić information content (AvgIpc) is 3.51. The quantitative estimate of drug-likeness (QED) is 0.0195. The van der Waals surface area contributed by atoms with Crippen molar-refractivity contribution >= 4 is 11.9 Å². The highest BCUT2D eigenvalue weighted by atomic mass is 16.7. The second-order valence-corrected chi connectivity index (χ2v) is 23.2. The van der Waals surface area contributed by atoms with Crippen LogP contribution in [-0.4, -0.2) is 99.6 Å². The minimum atomic E-state index is -1.61. The van der Waals surface area contributed by atoms with Crippen LogP contribution in [0.5, 0.6) is 0 Å². The lowest BCUT2D eigenvalue weighted by atomic mass is 9.99. The van der Waals surface area contributed by atoms with Gasteiger partial charge in [-0.05, 0) is 70.6 Å². The molecule has 11 nitrogen and oxygen atoms in total. The van der Waals surface area contributed by atoms with E-state index in [-0.39, 0.29) is 19.4 Å². The number of aliphatic hydroxyl groups excluding tert-OH is 5. The fourth-order valence-corrected chi connectivity index (χ4v) is 10.3. The molecule has 0 aromatic rings. The van der Waals surface area contributed by atoms with E-state index in [9.17, 15) is 35.1 Å². The van der Waals surface area contributed by atoms with Crippen LogP contribution in [0.1, 0.15) is 297 Å². The summed E-state index contributed by atoms with van der Waals surface area (Å²) in [7, 11) is 0. The van der Waals surface area contributed by atoms with Crippen molar-refractivity contribution in [1.29, 1.82) is 0 Å². The maximum atomic E-state index is 13.5. The summed E-state index contributed by atoms with van der Waals surface area (Å²) in [6, 6.07) is -1.03. The smallest absolute Gasteiger partial charge is 0.306 e. The summed E-state index contributed by atoms with van der Waals surface area (Å²) in [4.78, 5) is 26.6. The molecule has 1 fully saturated rings. The zero-order valence-corrected chi connectivity index (χ0v) is 52.1. The van der Waals surface area contributed by atoms with Crippen LogP contribution in [0.4, 0.5) is 0 Å². The van der Waals surface area contributed by atoms with Crippen molar-refractivity contribution in [2.75, 3.05) is 13.2 Å². The highest BCUT2D eigenvalue weighted by Crippen LogP contribution is 2.26. The number of ether oxygens (including phenoxy) is 3. The molecule has 6 N–H and O–H groups in total. The predicted octanol–water partition coefficient (Wildman–Crippen LogP) is 16.7. The summed E-state index contributed by atoms with van der Waals surface area (Å²) >= 11 is 0. The van der Waals surface area contributed by atoms with Gasteiger partial charge in [0.15, 0.2) is 12.4 Å². The molecule has 470 valence electrons. The first-order valence-electron chi connectivity index (χ1n) is 33.7. The zero-order valence-electron chi connectivity index (χ0n) is 52.1. The van der Waals surface area contributed by atoms with Crippen LogP contribution in [0.3, 0.4) is 0 Å². The molecule has 0 aromatic heterocycles. The first-order chi connectivity index (χ1) is 39.7. The number of hydrogen-bond donors (Lipinski definition) is 6. The largest absolute Gasteiger partial charge is 0.454 e. The van der Waals surface area contributed by atoms with Crippen molar-refractivity contribution in [2.24, 2.45) is 0 Å². The minimum Gasteiger partial charge on any atom is -0.454 e. The van der Waals surface area contributed by atoms with Gasteiger partial charge in [0.05, 0.1) is 25.4 Å². The Kier molecular flexibility index (Phi) is 54.1. The SMILES string of the molecule is CC/C=C\C/C=C\C/C=C\C/C=C\C/C=C\CCCCCCCCCCCCC(O)C(=O)NC(COC1OC(CO)C(O)C(O)C1OC(=O)CCCCCCCCCCCCCCCCC)C(O)/C=C/CCCCCCCCCCC. The van der Waals surface area contributed by atoms with Gasteiger partial charge < -0.3 is 45.1 Å². The van der Waals surface area contributed by atoms with Crippen LogP contribution < -0.4 is 5.32 Å². The van der Waals surface area contributed by atoms with E-state index in [4.69, 9.17) is 14.2 Å². The zero-order chi connectivity index (χ0) is 58.9. The third kappa shape index (κ3) is 45.2. The number of unbranched alkanes of at least 4 members (excludes halogenated alkanes) is 33. The van der Waals surface area contributed by atoms with Gasteiger partial charge in [-0.1, -0.05) is 293 Å². The van der Waals surface area contributed by atoms with Crippen LogP contribution in [-0.2, 0) is 23.8 Å². The summed E-state index contributed by atoms with van der Waals surface area (Å²) in [6.07, 6.45) is 63.7. The molecule has 0 bridgehead atoms. The minimum absolute atomic E-state index is 0.126. The van der Waals surface area contributed by atoms with Crippen LogP contribution in [0.2, 0.25) is 0 Å². The first kappa shape index (κ1) is 76.1. The van der Waals surface area contributed by atoms with Gasteiger partial charge in [0.2, 0.25) is 5.91 Å². The number of nitrogens with one attached hydrogen (secondary N) is 1. The molecule has 1 rings (SSSR count). The van der Waals surface area contributed by atoms with Crippen molar-refractivity contribution in [3.63, 3.8) is 0 Å². The molecule has 8 unspecified atom stereocenters. The topological polar surface area (TPSA) is 175 Å². The van der Waals surface area contributed by atoms with Gasteiger partial charge in [0, 0.05) is 6.42 Å². The molecule has 1 saturated heterocycles. The highest BCUT2D eigenvalue weighted by Gasteiger charge is 2.47. The van der Waals surface area contributed by atoms with Crippen molar-refractivity contribution in [2.45, 2.75) is 346 Å². The second kappa shape index (κ2) is 57.5. The maximum absolute atomic E-state index is 13.5. The van der Waals surface area contributed by atoms with E-state index in [0.29, 0.717) is 12.8 Å². The van der Waals surface area contributed by atoms with Gasteiger partial charge in [-0.3, -0.25) is 9.59 Å². The Labute approximate surface area is 496 Å². The van der Waals surface area contributed by atoms with Gasteiger partial charge in [-0.15, -0.1) is 0 Å². The van der Waals surface area contributed by atoms with E-state index in [0.717, 1.165) is 96.3 Å². The average molecular weight is 1140 g/mol. The number of esters is 1. The summed E-state index contributed by atoms with van der Waals surface area (Å²) in [5.74, 6) is -1.19. The molecule has 0 aliphatic carbocycles. The van der Waals surface area contributed by atoms with E-state index in [1.165, 1.54) is 154 Å². The van der Waals surface area contributed by atoms with Gasteiger partial charge in [-0.2, -0.15) is 0 Å². The lowest BCUT2D eigenvalue weighted by molar-refractivity contribution is -0.305. The Balaban J connectivity index is 2.57. The van der Waals surface area contributed by atoms with E-state index in [1.54, 1.807) is 6.08 Å². The Morgan fingerprint density at radius 1 is 0.494 bits per heavy atom. The lowest BCUT2D eigenvalue weighted by Crippen LogP contribution is -2.61. The number of allylic oxidation sites excluding steroid dienone is 11. The normalized spacial score (nSPS) is 19.1. The number of aliphatic hydroxyl groups is 5. The van der Waals surface area contributed by atoms with E-state index in [1.807, 2.05) is 6.08 Å². The maximum Gasteiger partial charge on any atom is 0.306 e. The summed E-state index contributed by atoms with van der Waals surface area (Å²) in [5, 5.41) is 57.1. The molecule has 0 saturated carbocycles. The molecular formula is C70H125NO10. The Bertz CT molecular complexity index is 1590. The first-order valence-corrected chi connectivity index (χ1v) is 33.7. The number of amides is 1. The molecule has 1 amide bonds. The van der Waals surface area contributed by atoms with Crippen LogP contribution in [0.15, 0.2) is 72.9 Å². The van der Waals surface area contributed by atoms with E-state index < -0.39 is 67.4 Å². The molecule has 1 aliphatic rings. The van der Waals surface area contributed by atoms with Gasteiger partial charge in [0.25, 0.3) is 0 Å². The third-order valence-corrected chi connectivity index (χ3v) is 15.6. The summed E-state index contributed by atoms with van der Waals surface area (Å²) in [5.41, 5.74) is 0. The standard InChI is InChI=1S/C70H125NO10/c1-4-7-10-13-16-19-22-24-26-27-28-29-30-31-32-33-34-35-36-38-39-42-45-48-51-54-57-63(74)69(78)71-61(62(73)56-53-50-47-44-41-21-18-15-12-9-6-3)60-79-70-68(67(77)66(76)64(59-72)80-70)81-65(75)58-55-52-49-46-43-40-37-25-23-20-17-14-11-8-5-2/h7,10,16,19,24,26,28-29,31-32,53,56,61-64,66-68,70,72-74,76-77H,4-6,8-9,11-15,17-18,20-23,25,27,30,33-52,54-55,57-60H2,1-3H3,(H,71,78)/b10-7-,19-16-,26-24-,29-28-,32-31-,56-53+. The summed E-state index contributed by atoms with van der Waals surface area (Å²) in [6.45, 7) is 5.69. The van der Waals surface area contributed by atoms with Gasteiger partial charge in [-0.25, -0.2) is 0 Å². The highest BCUT2D eigenvalue weighted by molar-refractivity contribution is 5.80. The van der Waals surface area contributed by atoms with Crippen molar-refractivity contribution in [1.82, 2.24) is 5.32 Å². The number of rotatable bonds is 57. The molecular weight excluding hydrogens is 1010 g/mol. The number of carbonyl (C=O) groups excluding carboxylic acids is 2.